The molecule has 20 N–H and O–H groups in total. The number of carbonyl (C=O) groups excluding carboxylic acids is 5. The van der Waals surface area contributed by atoms with Crippen LogP contribution in [0.15, 0.2) is 206 Å². The summed E-state index contributed by atoms with van der Waals surface area (Å²) in [6.45, 7) is 6.20. The number of benzene rings is 10. The highest BCUT2D eigenvalue weighted by molar-refractivity contribution is 6.34. The van der Waals surface area contributed by atoms with Crippen molar-refractivity contribution in [3.8, 4) is 11.5 Å². The minimum Gasteiger partial charge on any atom is -0.497 e. The van der Waals surface area contributed by atoms with Crippen LogP contribution in [0.1, 0.15) is 112 Å². The number of H-pyrrole nitrogens is 5. The topological polar surface area (TPSA) is 437 Å². The lowest BCUT2D eigenvalue weighted by Gasteiger charge is -2.15. The van der Waals surface area contributed by atoms with Crippen LogP contribution in [0.2, 0.25) is 15.1 Å². The Morgan fingerprint density at radius 2 is 0.836 bits per heavy atom. The Kier molecular flexibility index (Phi) is 25.1. The van der Waals surface area contributed by atoms with Gasteiger partial charge in [0.1, 0.15) is 11.5 Å². The van der Waals surface area contributed by atoms with E-state index in [-0.39, 0.29) is 48.0 Å². The molecular formula is C80H77Cl3N20O7. The molecule has 0 saturated heterocycles. The number of carbonyl (C=O) groups is 5. The molecule has 560 valence electrons. The zero-order valence-corrected chi connectivity index (χ0v) is 62.3. The van der Waals surface area contributed by atoms with Crippen LogP contribution in [0.4, 0.5) is 34.8 Å². The minimum atomic E-state index is -0.294. The van der Waals surface area contributed by atoms with Crippen LogP contribution in [0.3, 0.4) is 0 Å². The molecule has 2 atom stereocenters. The number of amides is 4. The number of methoxy groups -OCH3 is 2. The van der Waals surface area contributed by atoms with Crippen molar-refractivity contribution in [2.24, 2.45) is 0 Å². The van der Waals surface area contributed by atoms with E-state index in [1.54, 1.807) is 117 Å². The van der Waals surface area contributed by atoms with Gasteiger partial charge in [-0.2, -0.15) is 25.5 Å². The Morgan fingerprint density at radius 3 is 1.27 bits per heavy atom. The normalized spacial score (nSPS) is 11.3. The molecule has 4 amide bonds. The van der Waals surface area contributed by atoms with Crippen molar-refractivity contribution in [2.75, 3.05) is 48.3 Å². The molecule has 0 aliphatic rings. The first kappa shape index (κ1) is 77.5. The fraction of sp³-hybridized carbons (Fsp3) is 0.125. The lowest BCUT2D eigenvalue weighted by molar-refractivity contribution is 0.0931. The zero-order chi connectivity index (χ0) is 78.1. The maximum atomic E-state index is 12.4. The van der Waals surface area contributed by atoms with E-state index >= 15 is 0 Å². The number of hydrazine groups is 1. The Bertz CT molecular complexity index is 5690. The molecule has 5 aromatic heterocycles. The summed E-state index contributed by atoms with van der Waals surface area (Å²) in [5.74, 6) is 2.72. The number of halogens is 3. The van der Waals surface area contributed by atoms with Gasteiger partial charge >= 0.3 is 0 Å². The predicted octanol–water partition coefficient (Wildman–Crippen LogP) is 14.5. The van der Waals surface area contributed by atoms with Crippen molar-refractivity contribution in [1.82, 2.24) is 72.4 Å². The van der Waals surface area contributed by atoms with Crippen LogP contribution in [0, 0.1) is 6.92 Å². The third-order valence-electron chi connectivity index (χ3n) is 17.6. The Morgan fingerprint density at radius 1 is 0.427 bits per heavy atom. The van der Waals surface area contributed by atoms with Crippen LogP contribution >= 0.6 is 34.8 Å². The summed E-state index contributed by atoms with van der Waals surface area (Å²) in [5.41, 5.74) is 46.7. The lowest BCUT2D eigenvalue weighted by Crippen LogP contribution is -2.29. The monoisotopic (exact) mass is 1530 g/mol. The Hall–Kier alpha value is -13.6. The Labute approximate surface area is 644 Å². The van der Waals surface area contributed by atoms with Gasteiger partial charge in [-0.15, -0.1) is 0 Å². The summed E-state index contributed by atoms with van der Waals surface area (Å²) in [6.07, 6.45) is 1.24. The fourth-order valence-electron chi connectivity index (χ4n) is 11.4. The molecule has 10 aromatic carbocycles. The number of rotatable bonds is 18. The van der Waals surface area contributed by atoms with Gasteiger partial charge in [0, 0.05) is 77.8 Å². The predicted molar refractivity (Wildman–Crippen MR) is 434 cm³/mol. The maximum Gasteiger partial charge on any atom is 0.269 e. The molecule has 0 fully saturated rings. The van der Waals surface area contributed by atoms with E-state index in [9.17, 15) is 24.0 Å². The number of nitrogens with one attached hydrogen (secondary N) is 10. The largest absolute Gasteiger partial charge is 0.497 e. The number of ether oxygens (including phenoxy) is 2. The van der Waals surface area contributed by atoms with Gasteiger partial charge in [-0.25, -0.2) is 0 Å². The number of hydrogen-bond donors (Lipinski definition) is 15. The number of anilines is 6. The van der Waals surface area contributed by atoms with Gasteiger partial charge in [0.15, 0.2) is 34.9 Å². The summed E-state index contributed by atoms with van der Waals surface area (Å²) < 4.78 is 10.4. The molecule has 0 aliphatic carbocycles. The van der Waals surface area contributed by atoms with Crippen molar-refractivity contribution < 1.29 is 33.4 Å². The second-order valence-corrected chi connectivity index (χ2v) is 26.4. The van der Waals surface area contributed by atoms with Crippen molar-refractivity contribution in [1.29, 1.82) is 0 Å². The van der Waals surface area contributed by atoms with Gasteiger partial charge in [-0.1, -0.05) is 101 Å². The first-order chi connectivity index (χ1) is 53.0. The average molecular weight is 1540 g/mol. The number of fused-ring (bicyclic) bond motifs is 5. The molecule has 0 spiro atoms. The quantitative estimate of drug-likeness (QED) is 0.0280. The van der Waals surface area contributed by atoms with Gasteiger partial charge in [0.25, 0.3) is 23.6 Å². The van der Waals surface area contributed by atoms with Crippen LogP contribution in [-0.2, 0) is 13.0 Å². The van der Waals surface area contributed by atoms with Crippen molar-refractivity contribution >= 4 is 154 Å². The third-order valence-corrected chi connectivity index (χ3v) is 18.5. The summed E-state index contributed by atoms with van der Waals surface area (Å²) >= 11 is 18.0. The number of aromatic amines is 5. The van der Waals surface area contributed by atoms with E-state index in [0.29, 0.717) is 94.9 Å². The van der Waals surface area contributed by atoms with E-state index in [4.69, 9.17) is 72.9 Å². The van der Waals surface area contributed by atoms with Crippen LogP contribution < -0.4 is 64.9 Å². The molecule has 0 radical (unpaired) electrons. The number of ketones is 1. The summed E-state index contributed by atoms with van der Waals surface area (Å²) in [7, 11) is 3.24. The SMILES string of the molecule is COc1cccc([C@@H](C)NC(=O)c2ccc3[nH]nc(N)c3c2)c1.COc1cccc([C@H](C)NC(=O)c2ccc3[nH]nc(N)c3c2)c1.Cc1cccc(CCC(=O)c2ccc3[nH]nc(N)c3c2)c1.Nc1n[nH]c2ccc(C(=O)NCc3cc(Cl)ccc3Cl)cc12.Nc1n[nH]c2ccc(C(=O)NNc3ccccc3Cl)cc12. The highest BCUT2D eigenvalue weighted by Crippen LogP contribution is 2.28. The Balaban J connectivity index is 0.000000136. The number of nitrogens with two attached hydrogens (primary N) is 5. The molecule has 0 aliphatic heterocycles. The molecule has 0 saturated carbocycles. The molecule has 5 heterocycles. The lowest BCUT2D eigenvalue weighted by atomic mass is 10.0. The molecule has 15 aromatic rings. The molecule has 110 heavy (non-hydrogen) atoms. The number of aryl methyl sites for hydroxylation is 2. The van der Waals surface area contributed by atoms with Crippen LogP contribution in [0.5, 0.6) is 11.5 Å². The van der Waals surface area contributed by atoms with Gasteiger partial charge in [0.2, 0.25) is 0 Å². The van der Waals surface area contributed by atoms with Crippen LogP contribution in [-0.4, -0.2) is 94.6 Å². The molecule has 0 bridgehead atoms. The second kappa shape index (κ2) is 35.6. The van der Waals surface area contributed by atoms with Gasteiger partial charge in [0.05, 0.1) is 64.6 Å². The minimum absolute atomic E-state index is 0.124. The van der Waals surface area contributed by atoms with Crippen LogP contribution in [0.25, 0.3) is 54.5 Å². The number of aromatic nitrogens is 10. The summed E-state index contributed by atoms with van der Waals surface area (Å²) in [5, 5.41) is 47.7. The smallest absolute Gasteiger partial charge is 0.269 e. The number of para-hydroxylation sites is 1. The number of nitrogen functional groups attached to an aromatic ring is 5. The van der Waals surface area contributed by atoms with Gasteiger partial charge < -0.3 is 54.1 Å². The summed E-state index contributed by atoms with van der Waals surface area (Å²) in [4.78, 5) is 61.6. The first-order valence-corrected chi connectivity index (χ1v) is 35.3. The number of nitrogens with zero attached hydrogens (tertiary/aromatic N) is 5. The zero-order valence-electron chi connectivity index (χ0n) is 60.0. The van der Waals surface area contributed by atoms with E-state index in [2.05, 4.69) is 103 Å². The van der Waals surface area contributed by atoms with Crippen molar-refractivity contribution in [2.45, 2.75) is 52.2 Å². The standard InChI is InChI=1S/2C17H18N4O2.C17H17N3O.C15H12Cl2N4O.C14H12ClN5O/c2*1-10(11-4-3-5-13(8-11)23-2)19-17(22)12-6-7-15-14(9-12)16(18)21-20-15;1-11-3-2-4-12(9-11)5-8-16(21)13-6-7-15-14(10-13)17(18)20-19-15;16-10-2-3-12(17)9(5-10)7-19-15(22)8-1-4-13-11(6-8)14(18)21-20-13;15-10-3-1-2-4-12(10)18-20-14(21)8-5-6-11-9(7-8)13(16)19-17-11/h2*3-10H,1-2H3,(H,19,22)(H3,18,20,21);2-4,6-7,9-10H,5,8H2,1H3,(H3,18,19,20);1-6H,7H2,(H,19,22)(H3,18,20,21);1-7,18H,(H,20,21)(H3,16,17,19)/t2*10-;;;/m10.../s1. The van der Waals surface area contributed by atoms with Gasteiger partial charge in [-0.05, 0) is 195 Å². The molecule has 15 rings (SSSR count). The van der Waals surface area contributed by atoms with E-state index in [1.807, 2.05) is 98.8 Å². The van der Waals surface area contributed by atoms with E-state index < -0.39 is 0 Å². The van der Waals surface area contributed by atoms with Crippen molar-refractivity contribution in [3.05, 3.63) is 277 Å². The number of hydrogen-bond acceptors (Lipinski definition) is 18. The molecule has 30 heteroatoms. The fourth-order valence-corrected chi connectivity index (χ4v) is 12.0. The first-order valence-electron chi connectivity index (χ1n) is 34.2. The molecule has 27 nitrogen and oxygen atoms in total. The molecule has 0 unspecified atom stereocenters. The second-order valence-electron chi connectivity index (χ2n) is 25.2. The highest BCUT2D eigenvalue weighted by Gasteiger charge is 2.19. The molecular weight excluding hydrogens is 1460 g/mol. The highest BCUT2D eigenvalue weighted by atomic mass is 35.5. The van der Waals surface area contributed by atoms with Crippen molar-refractivity contribution in [3.63, 3.8) is 0 Å². The van der Waals surface area contributed by atoms with Gasteiger partial charge in [-0.3, -0.25) is 60.3 Å². The maximum absolute atomic E-state index is 12.4. The van der Waals surface area contributed by atoms with E-state index in [0.717, 1.165) is 78.4 Å². The third kappa shape index (κ3) is 19.5. The number of Topliss-reactive ketones (excluding diaryl/α,β-unsaturated/α-hetero) is 1. The van der Waals surface area contributed by atoms with E-state index in [1.165, 1.54) is 11.1 Å². The summed E-state index contributed by atoms with van der Waals surface area (Å²) in [6, 6.07) is 61.8. The average Bonchev–Trinajstić information content (AvgIpc) is 1.74.